The Morgan fingerprint density at radius 1 is 1.29 bits per heavy atom. The fourth-order valence-corrected chi connectivity index (χ4v) is 2.99. The molecule has 3 atom stereocenters. The van der Waals surface area contributed by atoms with Crippen molar-refractivity contribution in [2.24, 2.45) is 5.92 Å². The summed E-state index contributed by atoms with van der Waals surface area (Å²) in [4.78, 5) is 0. The van der Waals surface area contributed by atoms with Crippen molar-refractivity contribution in [2.75, 3.05) is 18.5 Å². The van der Waals surface area contributed by atoms with Gasteiger partial charge >= 0.3 is 0 Å². The second-order valence-corrected chi connectivity index (χ2v) is 6.42. The highest BCUT2D eigenvalue weighted by Gasteiger charge is 2.22. The molecule has 0 spiro atoms. The van der Waals surface area contributed by atoms with E-state index in [-0.39, 0.29) is 0 Å². The van der Waals surface area contributed by atoms with Gasteiger partial charge in [0.1, 0.15) is 0 Å². The molecule has 0 saturated heterocycles. The Labute approximate surface area is 128 Å². The molecule has 1 aliphatic rings. The van der Waals surface area contributed by atoms with Crippen LogP contribution in [-0.4, -0.2) is 30.5 Å². The minimum absolute atomic E-state index is 0.328. The smallest absolute Gasteiger partial charge is 0.0945 e. The zero-order valence-corrected chi connectivity index (χ0v) is 13.6. The number of aliphatic hydroxyl groups is 1. The summed E-state index contributed by atoms with van der Waals surface area (Å²) < 4.78 is 5.91. The Bertz CT molecular complexity index is 447. The first-order valence-corrected chi connectivity index (χ1v) is 8.17. The molecule has 2 N–H and O–H groups in total. The van der Waals surface area contributed by atoms with Crippen LogP contribution in [0.1, 0.15) is 43.7 Å². The van der Waals surface area contributed by atoms with Gasteiger partial charge in [0.2, 0.25) is 0 Å². The molecule has 1 aromatic carbocycles. The van der Waals surface area contributed by atoms with E-state index in [0.717, 1.165) is 12.1 Å². The lowest BCUT2D eigenvalue weighted by Gasteiger charge is -2.29. The van der Waals surface area contributed by atoms with E-state index in [1.54, 1.807) is 0 Å². The van der Waals surface area contributed by atoms with E-state index >= 15 is 0 Å². The molecule has 21 heavy (non-hydrogen) atoms. The van der Waals surface area contributed by atoms with Gasteiger partial charge in [0.15, 0.2) is 0 Å². The third kappa shape index (κ3) is 4.72. The fraction of sp³-hybridized carbons (Fsp3) is 0.667. The minimum atomic E-state index is -0.459. The summed E-state index contributed by atoms with van der Waals surface area (Å²) in [5.74, 6) is 0.623. The van der Waals surface area contributed by atoms with E-state index in [0.29, 0.717) is 25.2 Å². The molecule has 118 valence electrons. The maximum Gasteiger partial charge on any atom is 0.0945 e. The molecule has 0 aromatic heterocycles. The lowest BCUT2D eigenvalue weighted by atomic mass is 9.88. The van der Waals surface area contributed by atoms with Gasteiger partial charge in [0, 0.05) is 12.2 Å². The number of nitrogens with one attached hydrogen (secondary N) is 1. The molecule has 0 radical (unpaired) electrons. The Hall–Kier alpha value is -1.06. The molecule has 3 heteroatoms. The minimum Gasteiger partial charge on any atom is -0.389 e. The largest absolute Gasteiger partial charge is 0.389 e. The fourth-order valence-electron chi connectivity index (χ4n) is 2.99. The van der Waals surface area contributed by atoms with Crippen molar-refractivity contribution >= 4 is 5.69 Å². The summed E-state index contributed by atoms with van der Waals surface area (Å²) in [6.07, 6.45) is 4.83. The molecule has 1 saturated carbocycles. The summed E-state index contributed by atoms with van der Waals surface area (Å²) in [7, 11) is 0. The van der Waals surface area contributed by atoms with E-state index in [1.165, 1.54) is 30.4 Å². The molecular formula is C18H29NO2. The Morgan fingerprint density at radius 2 is 2.05 bits per heavy atom. The van der Waals surface area contributed by atoms with E-state index < -0.39 is 6.10 Å². The van der Waals surface area contributed by atoms with Gasteiger partial charge in [-0.05, 0) is 49.8 Å². The number of rotatable bonds is 6. The number of benzene rings is 1. The average molecular weight is 291 g/mol. The molecule has 0 heterocycles. The number of anilines is 1. The van der Waals surface area contributed by atoms with Crippen LogP contribution in [0.2, 0.25) is 0 Å². The van der Waals surface area contributed by atoms with E-state index in [4.69, 9.17) is 4.74 Å². The average Bonchev–Trinajstić information content (AvgIpc) is 2.48. The Kier molecular flexibility index (Phi) is 6.07. The number of ether oxygens (including phenoxy) is 1. The summed E-state index contributed by atoms with van der Waals surface area (Å²) in [6, 6.07) is 6.20. The predicted molar refractivity (Wildman–Crippen MR) is 87.8 cm³/mol. The summed E-state index contributed by atoms with van der Waals surface area (Å²) >= 11 is 0. The number of hydrogen-bond donors (Lipinski definition) is 2. The van der Waals surface area contributed by atoms with Crippen LogP contribution in [-0.2, 0) is 4.74 Å². The van der Waals surface area contributed by atoms with E-state index in [1.807, 2.05) is 6.07 Å². The Morgan fingerprint density at radius 3 is 2.81 bits per heavy atom. The molecular weight excluding hydrogens is 262 g/mol. The van der Waals surface area contributed by atoms with Crippen LogP contribution in [0.4, 0.5) is 5.69 Å². The van der Waals surface area contributed by atoms with Crippen molar-refractivity contribution in [2.45, 2.75) is 58.7 Å². The highest BCUT2D eigenvalue weighted by Crippen LogP contribution is 2.26. The monoisotopic (exact) mass is 291 g/mol. The lowest BCUT2D eigenvalue weighted by molar-refractivity contribution is -0.0424. The number of aliphatic hydroxyl groups excluding tert-OH is 1. The van der Waals surface area contributed by atoms with Gasteiger partial charge in [-0.2, -0.15) is 0 Å². The molecule has 0 aliphatic heterocycles. The SMILES string of the molecule is Cc1cccc(NCC(O)COC2CCCCC2C)c1C. The van der Waals surface area contributed by atoms with Crippen LogP contribution in [0.3, 0.4) is 0 Å². The summed E-state index contributed by atoms with van der Waals surface area (Å²) in [5, 5.41) is 13.4. The molecule has 1 aliphatic carbocycles. The normalized spacial score (nSPS) is 23.8. The topological polar surface area (TPSA) is 41.5 Å². The van der Waals surface area contributed by atoms with Crippen LogP contribution in [0, 0.1) is 19.8 Å². The van der Waals surface area contributed by atoms with Crippen LogP contribution in [0.5, 0.6) is 0 Å². The van der Waals surface area contributed by atoms with Crippen molar-refractivity contribution in [3.05, 3.63) is 29.3 Å². The predicted octanol–water partition coefficient (Wildman–Crippen LogP) is 3.67. The van der Waals surface area contributed by atoms with Crippen molar-refractivity contribution in [3.8, 4) is 0 Å². The number of hydrogen-bond acceptors (Lipinski definition) is 3. The first-order chi connectivity index (χ1) is 10.1. The molecule has 1 aromatic rings. The summed E-state index contributed by atoms with van der Waals surface area (Å²) in [6.45, 7) is 7.41. The first-order valence-electron chi connectivity index (χ1n) is 8.17. The summed E-state index contributed by atoms with van der Waals surface area (Å²) in [5.41, 5.74) is 3.60. The Balaban J connectivity index is 1.74. The van der Waals surface area contributed by atoms with Crippen LogP contribution in [0.25, 0.3) is 0 Å². The van der Waals surface area contributed by atoms with Gasteiger partial charge in [-0.15, -0.1) is 0 Å². The second-order valence-electron chi connectivity index (χ2n) is 6.42. The molecule has 3 unspecified atom stereocenters. The van der Waals surface area contributed by atoms with Crippen LogP contribution in [0.15, 0.2) is 18.2 Å². The van der Waals surface area contributed by atoms with Gasteiger partial charge in [-0.1, -0.05) is 31.9 Å². The van der Waals surface area contributed by atoms with Crippen molar-refractivity contribution in [3.63, 3.8) is 0 Å². The molecule has 3 nitrogen and oxygen atoms in total. The third-order valence-electron chi connectivity index (χ3n) is 4.67. The van der Waals surface area contributed by atoms with Gasteiger partial charge < -0.3 is 15.2 Å². The molecule has 2 rings (SSSR count). The molecule has 1 fully saturated rings. The maximum atomic E-state index is 10.1. The lowest BCUT2D eigenvalue weighted by Crippen LogP contribution is -2.32. The molecule has 0 bridgehead atoms. The standard InChI is InChI=1S/C18H29NO2/c1-13-8-6-9-17(15(13)3)19-11-16(20)12-21-18-10-5-4-7-14(18)2/h6,8-9,14,16,18-20H,4-5,7,10-12H2,1-3H3. The quantitative estimate of drug-likeness (QED) is 0.840. The van der Waals surface area contributed by atoms with E-state index in [9.17, 15) is 5.11 Å². The van der Waals surface area contributed by atoms with Gasteiger partial charge in [0.05, 0.1) is 18.8 Å². The highest BCUT2D eigenvalue weighted by molar-refractivity contribution is 5.53. The van der Waals surface area contributed by atoms with Crippen molar-refractivity contribution < 1.29 is 9.84 Å². The van der Waals surface area contributed by atoms with Crippen molar-refractivity contribution in [1.82, 2.24) is 0 Å². The van der Waals surface area contributed by atoms with Gasteiger partial charge in [-0.3, -0.25) is 0 Å². The van der Waals surface area contributed by atoms with Gasteiger partial charge in [0.25, 0.3) is 0 Å². The van der Waals surface area contributed by atoms with Crippen molar-refractivity contribution in [1.29, 1.82) is 0 Å². The van der Waals surface area contributed by atoms with E-state index in [2.05, 4.69) is 38.2 Å². The second kappa shape index (κ2) is 7.81. The zero-order chi connectivity index (χ0) is 15.2. The van der Waals surface area contributed by atoms with Crippen LogP contribution < -0.4 is 5.32 Å². The van der Waals surface area contributed by atoms with Crippen LogP contribution >= 0.6 is 0 Å². The molecule has 0 amide bonds. The zero-order valence-electron chi connectivity index (χ0n) is 13.6. The maximum absolute atomic E-state index is 10.1. The first kappa shape index (κ1) is 16.3. The van der Waals surface area contributed by atoms with Gasteiger partial charge in [-0.25, -0.2) is 0 Å². The number of aryl methyl sites for hydroxylation is 1. The third-order valence-corrected chi connectivity index (χ3v) is 4.67. The highest BCUT2D eigenvalue weighted by atomic mass is 16.5.